The van der Waals surface area contributed by atoms with Crippen molar-refractivity contribution in [1.82, 2.24) is 4.90 Å². The molecule has 34 heavy (non-hydrogen) atoms. The molecule has 2 aromatic carbocycles. The average molecular weight is 468 g/mol. The summed E-state index contributed by atoms with van der Waals surface area (Å²) in [4.78, 5) is 15.4. The quantitative estimate of drug-likeness (QED) is 0.555. The van der Waals surface area contributed by atoms with Gasteiger partial charge in [-0.05, 0) is 68.8 Å². The Labute approximate surface area is 201 Å². The van der Waals surface area contributed by atoms with Crippen LogP contribution in [-0.2, 0) is 10.2 Å². The van der Waals surface area contributed by atoms with Crippen molar-refractivity contribution in [3.63, 3.8) is 0 Å². The summed E-state index contributed by atoms with van der Waals surface area (Å²) in [5.41, 5.74) is 2.78. The lowest BCUT2D eigenvalue weighted by atomic mass is 9.68. The van der Waals surface area contributed by atoms with Gasteiger partial charge in [-0.2, -0.15) is 0 Å². The highest BCUT2D eigenvalue weighted by molar-refractivity contribution is 5.92. The van der Waals surface area contributed by atoms with E-state index in [0.29, 0.717) is 35.0 Å². The number of benzene rings is 2. The van der Waals surface area contributed by atoms with Gasteiger partial charge in [-0.3, -0.25) is 0 Å². The Bertz CT molecular complexity index is 1090. The molecule has 4 rings (SSSR count). The summed E-state index contributed by atoms with van der Waals surface area (Å²) < 4.78 is 27.4. The number of likely N-dealkylation sites (tertiary alicyclic amines) is 1. The number of hydrogen-bond acceptors (Lipinski definition) is 7. The van der Waals surface area contributed by atoms with Crippen LogP contribution in [0.5, 0.6) is 23.0 Å². The third-order valence-corrected chi connectivity index (χ3v) is 7.26. The number of hydrogen-bond donors (Lipinski definition) is 0. The fraction of sp³-hybridized carbons (Fsp3) is 0.444. The molecule has 1 aliphatic heterocycles. The highest BCUT2D eigenvalue weighted by Gasteiger charge is 2.49. The number of aryl methyl sites for hydroxylation is 1. The molecule has 0 radical (unpaired) electrons. The van der Waals surface area contributed by atoms with E-state index in [1.807, 2.05) is 0 Å². The van der Waals surface area contributed by atoms with Gasteiger partial charge in [0.05, 0.1) is 34.0 Å². The molecule has 1 saturated heterocycles. The average Bonchev–Trinajstić information content (AvgIpc) is 3.19. The van der Waals surface area contributed by atoms with Crippen LogP contribution in [-0.4, -0.2) is 58.9 Å². The predicted molar refractivity (Wildman–Crippen MR) is 129 cm³/mol. The van der Waals surface area contributed by atoms with E-state index in [2.05, 4.69) is 43.1 Å². The fourth-order valence-corrected chi connectivity index (χ4v) is 5.38. The van der Waals surface area contributed by atoms with Crippen molar-refractivity contribution < 1.29 is 28.5 Å². The van der Waals surface area contributed by atoms with Crippen molar-refractivity contribution in [2.45, 2.75) is 37.6 Å². The number of esters is 1. The standard InChI is InChI=1S/C27H33NO6/c1-17-13-19(7-8-21(17)30-3)27-10-9-20(16-24(27)28(2)12-11-27)34-26(29)18-14-22(31-4)25(33-6)23(15-18)32-5/h7-9,13-15,24H,10-12,16H2,1-6H3/t24-,27-/m0/s1. The molecule has 2 atom stereocenters. The molecule has 0 N–H and O–H groups in total. The van der Waals surface area contributed by atoms with E-state index in [-0.39, 0.29) is 11.5 Å². The van der Waals surface area contributed by atoms with Crippen molar-refractivity contribution in [3.05, 3.63) is 58.9 Å². The predicted octanol–water partition coefficient (Wildman–Crippen LogP) is 4.51. The molecular weight excluding hydrogens is 434 g/mol. The van der Waals surface area contributed by atoms with Crippen molar-refractivity contribution in [1.29, 1.82) is 0 Å². The fourth-order valence-electron chi connectivity index (χ4n) is 5.38. The summed E-state index contributed by atoms with van der Waals surface area (Å²) in [5, 5.41) is 0. The smallest absolute Gasteiger partial charge is 0.343 e. The maximum Gasteiger partial charge on any atom is 0.343 e. The van der Waals surface area contributed by atoms with Crippen LogP contribution in [0.2, 0.25) is 0 Å². The zero-order valence-corrected chi connectivity index (χ0v) is 20.8. The number of nitrogens with zero attached hydrogens (tertiary/aromatic N) is 1. The first kappa shape index (κ1) is 24.0. The van der Waals surface area contributed by atoms with Crippen LogP contribution >= 0.6 is 0 Å². The molecule has 1 fully saturated rings. The third-order valence-electron chi connectivity index (χ3n) is 7.26. The number of ether oxygens (including phenoxy) is 5. The summed E-state index contributed by atoms with van der Waals surface area (Å²) in [6.45, 7) is 3.08. The Hall–Kier alpha value is -3.19. The van der Waals surface area contributed by atoms with Gasteiger partial charge in [-0.25, -0.2) is 4.79 Å². The van der Waals surface area contributed by atoms with Gasteiger partial charge in [-0.15, -0.1) is 0 Å². The van der Waals surface area contributed by atoms with E-state index >= 15 is 0 Å². The second kappa shape index (κ2) is 9.58. The molecule has 0 unspecified atom stereocenters. The van der Waals surface area contributed by atoms with Crippen LogP contribution in [0.1, 0.15) is 40.7 Å². The SMILES string of the molecule is COc1ccc([C@@]23CC=C(OC(=O)c4cc(OC)c(OC)c(OC)c4)C[C@@H]2N(C)CC3)cc1C. The van der Waals surface area contributed by atoms with Crippen molar-refractivity contribution in [2.75, 3.05) is 42.0 Å². The van der Waals surface area contributed by atoms with Gasteiger partial charge in [0.25, 0.3) is 0 Å². The maximum absolute atomic E-state index is 13.0. The Morgan fingerprint density at radius 1 is 0.971 bits per heavy atom. The molecule has 2 aliphatic rings. The van der Waals surface area contributed by atoms with Gasteiger partial charge in [0.15, 0.2) is 11.5 Å². The molecule has 0 spiro atoms. The normalized spacial score (nSPS) is 21.9. The first-order valence-corrected chi connectivity index (χ1v) is 11.4. The van der Waals surface area contributed by atoms with Gasteiger partial charge in [-0.1, -0.05) is 12.1 Å². The zero-order valence-electron chi connectivity index (χ0n) is 20.8. The van der Waals surface area contributed by atoms with Gasteiger partial charge in [0.2, 0.25) is 5.75 Å². The highest BCUT2D eigenvalue weighted by atomic mass is 16.5. The summed E-state index contributed by atoms with van der Waals surface area (Å²) in [5.74, 6) is 2.41. The lowest BCUT2D eigenvalue weighted by molar-refractivity contribution is 0.0579. The van der Waals surface area contributed by atoms with Gasteiger partial charge in [0, 0.05) is 17.9 Å². The van der Waals surface area contributed by atoms with E-state index in [1.165, 1.54) is 26.9 Å². The van der Waals surface area contributed by atoms with Crippen LogP contribution in [0.4, 0.5) is 0 Å². The van der Waals surface area contributed by atoms with E-state index in [0.717, 1.165) is 30.7 Å². The number of methoxy groups -OCH3 is 4. The Morgan fingerprint density at radius 3 is 2.24 bits per heavy atom. The Balaban J connectivity index is 1.59. The number of carbonyl (C=O) groups excluding carboxylic acids is 1. The molecule has 7 nitrogen and oxygen atoms in total. The first-order chi connectivity index (χ1) is 16.4. The summed E-state index contributed by atoms with van der Waals surface area (Å²) >= 11 is 0. The van der Waals surface area contributed by atoms with Gasteiger partial charge < -0.3 is 28.6 Å². The van der Waals surface area contributed by atoms with E-state index in [1.54, 1.807) is 19.2 Å². The molecular formula is C27H33NO6. The van der Waals surface area contributed by atoms with E-state index < -0.39 is 5.97 Å². The Morgan fingerprint density at radius 2 is 1.65 bits per heavy atom. The van der Waals surface area contributed by atoms with Gasteiger partial charge in [0.1, 0.15) is 11.5 Å². The van der Waals surface area contributed by atoms with Crippen LogP contribution in [0.3, 0.4) is 0 Å². The van der Waals surface area contributed by atoms with E-state index in [4.69, 9.17) is 23.7 Å². The maximum atomic E-state index is 13.0. The minimum absolute atomic E-state index is 0.00571. The minimum Gasteiger partial charge on any atom is -0.496 e. The number of carbonyl (C=O) groups is 1. The lowest BCUT2D eigenvalue weighted by Crippen LogP contribution is -2.43. The molecule has 0 amide bonds. The summed E-state index contributed by atoms with van der Waals surface area (Å²) in [6.07, 6.45) is 4.61. The number of likely N-dealkylation sites (N-methyl/N-ethyl adjacent to an activating group) is 1. The zero-order chi connectivity index (χ0) is 24.5. The van der Waals surface area contributed by atoms with Crippen LogP contribution < -0.4 is 18.9 Å². The molecule has 182 valence electrons. The van der Waals surface area contributed by atoms with Gasteiger partial charge >= 0.3 is 5.97 Å². The van der Waals surface area contributed by atoms with Crippen molar-refractivity contribution in [2.24, 2.45) is 0 Å². The number of rotatable bonds is 7. The summed E-state index contributed by atoms with van der Waals surface area (Å²) in [7, 11) is 8.41. The molecule has 2 aromatic rings. The topological polar surface area (TPSA) is 66.5 Å². The monoisotopic (exact) mass is 467 g/mol. The lowest BCUT2D eigenvalue weighted by Gasteiger charge is -2.40. The largest absolute Gasteiger partial charge is 0.496 e. The molecule has 7 heteroatoms. The number of fused-ring (bicyclic) bond motifs is 1. The van der Waals surface area contributed by atoms with Crippen LogP contribution in [0.15, 0.2) is 42.2 Å². The molecule has 1 aliphatic carbocycles. The van der Waals surface area contributed by atoms with Crippen molar-refractivity contribution in [3.8, 4) is 23.0 Å². The minimum atomic E-state index is -0.445. The molecule has 0 saturated carbocycles. The van der Waals surface area contributed by atoms with Crippen LogP contribution in [0, 0.1) is 6.92 Å². The second-order valence-corrected chi connectivity index (χ2v) is 8.97. The van der Waals surface area contributed by atoms with Crippen molar-refractivity contribution >= 4 is 5.97 Å². The van der Waals surface area contributed by atoms with Crippen LogP contribution in [0.25, 0.3) is 0 Å². The third kappa shape index (κ3) is 4.09. The first-order valence-electron chi connectivity index (χ1n) is 11.4. The molecule has 0 aromatic heterocycles. The Kier molecular flexibility index (Phi) is 6.75. The van der Waals surface area contributed by atoms with E-state index in [9.17, 15) is 4.79 Å². The number of allylic oxidation sites excluding steroid dienone is 1. The highest BCUT2D eigenvalue weighted by Crippen LogP contribution is 2.49. The second-order valence-electron chi connectivity index (χ2n) is 8.97. The summed E-state index contributed by atoms with van der Waals surface area (Å²) in [6, 6.07) is 9.94. The molecule has 1 heterocycles. The molecule has 0 bridgehead atoms.